The number of nitriles is 1. The summed E-state index contributed by atoms with van der Waals surface area (Å²) in [5.41, 5.74) is 9.51. The zero-order valence-corrected chi connectivity index (χ0v) is 26.1. The van der Waals surface area contributed by atoms with Gasteiger partial charge in [0.2, 0.25) is 0 Å². The van der Waals surface area contributed by atoms with Crippen molar-refractivity contribution in [3.63, 3.8) is 0 Å². The van der Waals surface area contributed by atoms with Crippen molar-refractivity contribution in [3.05, 3.63) is 187 Å². The SMILES string of the molecule is C=CC(=N/C(=C(/C#N)C(=C)c1ccccc1)c1ccccc1)c1cccc2oc3ccc(-n4c5ccccc5c5ccccc54)cc3c12. The minimum atomic E-state index is 0.393. The number of aliphatic imine (C=N–C) groups is 1. The summed E-state index contributed by atoms with van der Waals surface area (Å²) in [6.07, 6.45) is 1.74. The van der Waals surface area contributed by atoms with Crippen LogP contribution in [0, 0.1) is 11.3 Å². The van der Waals surface area contributed by atoms with Crippen LogP contribution in [-0.2, 0) is 0 Å². The van der Waals surface area contributed by atoms with Crippen LogP contribution < -0.4 is 0 Å². The number of para-hydroxylation sites is 2. The first-order valence-electron chi connectivity index (χ1n) is 15.8. The maximum absolute atomic E-state index is 10.5. The van der Waals surface area contributed by atoms with Crippen LogP contribution in [-0.4, -0.2) is 10.3 Å². The number of aromatic nitrogens is 1. The summed E-state index contributed by atoms with van der Waals surface area (Å²) in [6.45, 7) is 8.49. The topological polar surface area (TPSA) is 54.2 Å². The Morgan fingerprint density at radius 1 is 0.667 bits per heavy atom. The van der Waals surface area contributed by atoms with Gasteiger partial charge in [0.25, 0.3) is 0 Å². The lowest BCUT2D eigenvalue weighted by atomic mass is 9.95. The predicted octanol–water partition coefficient (Wildman–Crippen LogP) is 11.3. The van der Waals surface area contributed by atoms with E-state index < -0.39 is 0 Å². The number of rotatable bonds is 7. The Morgan fingerprint density at radius 3 is 1.94 bits per heavy atom. The first-order chi connectivity index (χ1) is 23.7. The molecule has 0 spiro atoms. The summed E-state index contributed by atoms with van der Waals surface area (Å²) >= 11 is 0. The van der Waals surface area contributed by atoms with Crippen molar-refractivity contribution in [2.75, 3.05) is 0 Å². The monoisotopic (exact) mass is 615 g/mol. The molecule has 4 heteroatoms. The molecule has 2 aromatic heterocycles. The highest BCUT2D eigenvalue weighted by Crippen LogP contribution is 2.37. The van der Waals surface area contributed by atoms with Gasteiger partial charge in [0, 0.05) is 38.4 Å². The smallest absolute Gasteiger partial charge is 0.136 e. The lowest BCUT2D eigenvalue weighted by Crippen LogP contribution is -2.01. The summed E-state index contributed by atoms with van der Waals surface area (Å²) in [5.74, 6) is 0. The third-order valence-electron chi connectivity index (χ3n) is 8.84. The summed E-state index contributed by atoms with van der Waals surface area (Å²) in [7, 11) is 0. The molecule has 0 atom stereocenters. The number of furan rings is 1. The van der Waals surface area contributed by atoms with Crippen molar-refractivity contribution >= 4 is 60.7 Å². The van der Waals surface area contributed by atoms with Crippen LogP contribution >= 0.6 is 0 Å². The number of nitrogens with zero attached hydrogens (tertiary/aromatic N) is 3. The van der Waals surface area contributed by atoms with Crippen molar-refractivity contribution in [2.45, 2.75) is 0 Å². The molecule has 0 fully saturated rings. The van der Waals surface area contributed by atoms with Crippen LogP contribution in [0.25, 0.3) is 60.7 Å². The van der Waals surface area contributed by atoms with E-state index in [0.717, 1.165) is 55.3 Å². The van der Waals surface area contributed by atoms with E-state index in [1.165, 1.54) is 10.8 Å². The summed E-state index contributed by atoms with van der Waals surface area (Å²) in [6, 6.07) is 51.2. The number of allylic oxidation sites excluding steroid dienone is 3. The minimum Gasteiger partial charge on any atom is -0.456 e. The Labute approximate surface area is 278 Å². The highest BCUT2D eigenvalue weighted by atomic mass is 16.3. The van der Waals surface area contributed by atoms with E-state index in [1.54, 1.807) is 6.08 Å². The predicted molar refractivity (Wildman–Crippen MR) is 199 cm³/mol. The van der Waals surface area contributed by atoms with Crippen molar-refractivity contribution in [2.24, 2.45) is 4.99 Å². The van der Waals surface area contributed by atoms with Gasteiger partial charge in [-0.2, -0.15) is 5.26 Å². The molecule has 6 aromatic carbocycles. The Hall–Kier alpha value is -6.70. The van der Waals surface area contributed by atoms with Gasteiger partial charge in [0.15, 0.2) is 0 Å². The molecular weight excluding hydrogens is 587 g/mol. The molecule has 48 heavy (non-hydrogen) atoms. The second kappa shape index (κ2) is 11.9. The van der Waals surface area contributed by atoms with Gasteiger partial charge in [-0.25, -0.2) is 4.99 Å². The first-order valence-corrected chi connectivity index (χ1v) is 15.8. The van der Waals surface area contributed by atoms with E-state index >= 15 is 0 Å². The van der Waals surface area contributed by atoms with Crippen LogP contribution in [0.5, 0.6) is 0 Å². The first kappa shape index (κ1) is 28.8. The Bertz CT molecular complexity index is 2590. The van der Waals surface area contributed by atoms with Gasteiger partial charge < -0.3 is 8.98 Å². The van der Waals surface area contributed by atoms with Crippen LogP contribution in [0.4, 0.5) is 0 Å². The molecule has 0 N–H and O–H groups in total. The number of benzene rings is 6. The molecule has 0 bridgehead atoms. The van der Waals surface area contributed by atoms with Gasteiger partial charge in [-0.1, -0.05) is 122 Å². The average molecular weight is 616 g/mol. The zero-order valence-electron chi connectivity index (χ0n) is 26.1. The quantitative estimate of drug-likeness (QED) is 0.102. The summed E-state index contributed by atoms with van der Waals surface area (Å²) < 4.78 is 8.72. The van der Waals surface area contributed by atoms with E-state index in [4.69, 9.17) is 9.41 Å². The molecule has 0 saturated carbocycles. The van der Waals surface area contributed by atoms with Gasteiger partial charge in [-0.3, -0.25) is 0 Å². The van der Waals surface area contributed by atoms with Crippen molar-refractivity contribution < 1.29 is 4.42 Å². The van der Waals surface area contributed by atoms with Crippen LogP contribution in [0.15, 0.2) is 180 Å². The maximum Gasteiger partial charge on any atom is 0.136 e. The van der Waals surface area contributed by atoms with Gasteiger partial charge >= 0.3 is 0 Å². The zero-order chi connectivity index (χ0) is 32.6. The Morgan fingerprint density at radius 2 is 1.29 bits per heavy atom. The fourth-order valence-corrected chi connectivity index (χ4v) is 6.61. The fraction of sp³-hybridized carbons (Fsp3) is 0. The molecule has 0 amide bonds. The molecule has 0 aliphatic carbocycles. The molecule has 0 radical (unpaired) electrons. The number of hydrogen-bond donors (Lipinski definition) is 0. The number of hydrogen-bond acceptors (Lipinski definition) is 3. The van der Waals surface area contributed by atoms with E-state index in [0.29, 0.717) is 22.6 Å². The molecule has 8 rings (SSSR count). The lowest BCUT2D eigenvalue weighted by molar-refractivity contribution is 0.669. The van der Waals surface area contributed by atoms with E-state index in [2.05, 4.69) is 84.5 Å². The van der Waals surface area contributed by atoms with Gasteiger partial charge in [-0.15, -0.1) is 0 Å². The second-order valence-electron chi connectivity index (χ2n) is 11.6. The normalized spacial score (nSPS) is 12.4. The number of fused-ring (bicyclic) bond motifs is 6. The molecule has 0 aliphatic heterocycles. The lowest BCUT2D eigenvalue weighted by Gasteiger charge is -2.12. The standard InChI is InChI=1S/C44H29N3O/c1-3-38(46-44(31-17-8-5-9-18-31)37(28-45)29(2)30-15-6-4-7-16-30)35-21-14-24-42-43(35)36-27-32(25-26-41(36)48-42)47-39-22-12-10-19-33(39)34-20-11-13-23-40(34)47/h3-27H,1-2H2/b44-37-,46-38?. The van der Waals surface area contributed by atoms with Crippen LogP contribution in [0.1, 0.15) is 16.7 Å². The molecule has 0 aliphatic rings. The van der Waals surface area contributed by atoms with Crippen LogP contribution in [0.3, 0.4) is 0 Å². The highest BCUT2D eigenvalue weighted by Gasteiger charge is 2.19. The van der Waals surface area contributed by atoms with E-state index in [1.807, 2.05) is 84.9 Å². The van der Waals surface area contributed by atoms with Gasteiger partial charge in [-0.05, 0) is 53.6 Å². The molecule has 0 unspecified atom stereocenters. The molecule has 2 heterocycles. The second-order valence-corrected chi connectivity index (χ2v) is 11.6. The van der Waals surface area contributed by atoms with Crippen molar-refractivity contribution in [1.82, 2.24) is 4.57 Å². The molecular formula is C44H29N3O. The fourth-order valence-electron chi connectivity index (χ4n) is 6.61. The summed E-state index contributed by atoms with van der Waals surface area (Å²) in [5, 5.41) is 14.8. The average Bonchev–Trinajstić information content (AvgIpc) is 3.69. The van der Waals surface area contributed by atoms with Crippen LogP contribution in [0.2, 0.25) is 0 Å². The third-order valence-corrected chi connectivity index (χ3v) is 8.84. The highest BCUT2D eigenvalue weighted by molar-refractivity contribution is 6.23. The third kappa shape index (κ3) is 4.74. The van der Waals surface area contributed by atoms with Gasteiger partial charge in [0.05, 0.1) is 28.0 Å². The van der Waals surface area contributed by atoms with Crippen molar-refractivity contribution in [1.29, 1.82) is 5.26 Å². The largest absolute Gasteiger partial charge is 0.456 e. The van der Waals surface area contributed by atoms with E-state index in [-0.39, 0.29) is 0 Å². The minimum absolute atomic E-state index is 0.393. The summed E-state index contributed by atoms with van der Waals surface area (Å²) in [4.78, 5) is 5.19. The Balaban J connectivity index is 1.37. The van der Waals surface area contributed by atoms with E-state index in [9.17, 15) is 5.26 Å². The molecule has 8 aromatic rings. The Kier molecular flexibility index (Phi) is 7.13. The van der Waals surface area contributed by atoms with Gasteiger partial charge in [0.1, 0.15) is 17.2 Å². The molecule has 0 saturated heterocycles. The molecule has 226 valence electrons. The molecule has 4 nitrogen and oxygen atoms in total. The maximum atomic E-state index is 10.5. The van der Waals surface area contributed by atoms with Crippen molar-refractivity contribution in [3.8, 4) is 11.8 Å².